The minimum atomic E-state index is -3.47. The summed E-state index contributed by atoms with van der Waals surface area (Å²) in [6, 6.07) is 0. The van der Waals surface area contributed by atoms with Crippen molar-refractivity contribution in [3.8, 4) is 0 Å². The van der Waals surface area contributed by atoms with Crippen LogP contribution < -0.4 is 0 Å². The Kier molecular flexibility index (Phi) is 2.53. The number of imidazole rings is 1. The number of nitrogens with one attached hydrogen (secondary N) is 1. The molecule has 0 unspecified atom stereocenters. The quantitative estimate of drug-likeness (QED) is 0.723. The highest BCUT2D eigenvalue weighted by molar-refractivity contribution is 7.89. The second-order valence-electron chi connectivity index (χ2n) is 3.52. The van der Waals surface area contributed by atoms with Crippen molar-refractivity contribution in [3.05, 3.63) is 12.0 Å². The molecule has 0 bridgehead atoms. The molecule has 0 spiro atoms. The molecule has 0 amide bonds. The molecule has 1 fully saturated rings. The molecule has 0 aromatic carbocycles. The third kappa shape index (κ3) is 1.77. The zero-order valence-corrected chi connectivity index (χ0v) is 9.16. The third-order valence-electron chi connectivity index (χ3n) is 2.39. The maximum Gasteiger partial charge on any atom is 0.260 e. The molecule has 1 aliphatic rings. The maximum atomic E-state index is 11.8. The van der Waals surface area contributed by atoms with Crippen molar-refractivity contribution in [2.75, 3.05) is 13.1 Å². The van der Waals surface area contributed by atoms with Crippen LogP contribution in [0.1, 0.15) is 12.7 Å². The summed E-state index contributed by atoms with van der Waals surface area (Å²) in [6.45, 7) is 2.23. The number of rotatable bonds is 3. The predicted molar refractivity (Wildman–Crippen MR) is 52.7 cm³/mol. The Hall–Kier alpha value is -0.920. The zero-order chi connectivity index (χ0) is 11.1. The van der Waals surface area contributed by atoms with E-state index in [-0.39, 0.29) is 18.1 Å². The van der Waals surface area contributed by atoms with Crippen LogP contribution in [0.3, 0.4) is 0 Å². The lowest BCUT2D eigenvalue weighted by Crippen LogP contribution is -2.53. The summed E-state index contributed by atoms with van der Waals surface area (Å²) in [7, 11) is -3.47. The third-order valence-corrected chi connectivity index (χ3v) is 4.13. The van der Waals surface area contributed by atoms with E-state index in [9.17, 15) is 8.42 Å². The van der Waals surface area contributed by atoms with Gasteiger partial charge in [0.15, 0.2) is 5.03 Å². The first-order chi connectivity index (χ1) is 7.04. The van der Waals surface area contributed by atoms with Crippen LogP contribution in [0, 0.1) is 0 Å². The molecule has 7 heteroatoms. The average Bonchev–Trinajstić information content (AvgIpc) is 2.61. The molecule has 1 aromatic heterocycles. The lowest BCUT2D eigenvalue weighted by atomic mass is 10.2. The smallest absolute Gasteiger partial charge is 0.260 e. The summed E-state index contributed by atoms with van der Waals surface area (Å²) in [5, 5.41) is 9.15. The van der Waals surface area contributed by atoms with E-state index in [0.29, 0.717) is 12.2 Å². The van der Waals surface area contributed by atoms with E-state index in [1.54, 1.807) is 0 Å². The number of sulfonamides is 1. The van der Waals surface area contributed by atoms with Crippen LogP contribution in [0.4, 0.5) is 0 Å². The molecule has 84 valence electrons. The first-order valence-corrected chi connectivity index (χ1v) is 6.20. The minimum absolute atomic E-state index is 0.103. The van der Waals surface area contributed by atoms with Crippen molar-refractivity contribution in [1.29, 1.82) is 0 Å². The lowest BCUT2D eigenvalue weighted by molar-refractivity contribution is 0.0546. The van der Waals surface area contributed by atoms with Crippen molar-refractivity contribution in [3.63, 3.8) is 0 Å². The van der Waals surface area contributed by atoms with Crippen LogP contribution in [-0.2, 0) is 16.4 Å². The summed E-state index contributed by atoms with van der Waals surface area (Å²) in [5.41, 5.74) is 0. The molecular weight excluding hydrogens is 218 g/mol. The normalized spacial score (nSPS) is 19.1. The topological polar surface area (TPSA) is 86.3 Å². The van der Waals surface area contributed by atoms with Gasteiger partial charge in [0.2, 0.25) is 0 Å². The molecule has 6 nitrogen and oxygen atoms in total. The van der Waals surface area contributed by atoms with E-state index in [1.165, 1.54) is 10.5 Å². The first kappa shape index (κ1) is 10.6. The van der Waals surface area contributed by atoms with Gasteiger partial charge in [0.25, 0.3) is 10.0 Å². The van der Waals surface area contributed by atoms with Crippen molar-refractivity contribution in [2.45, 2.75) is 24.5 Å². The van der Waals surface area contributed by atoms with Gasteiger partial charge in [-0.3, -0.25) is 0 Å². The number of hydrogen-bond acceptors (Lipinski definition) is 4. The van der Waals surface area contributed by atoms with E-state index in [2.05, 4.69) is 9.97 Å². The van der Waals surface area contributed by atoms with Crippen LogP contribution in [0.15, 0.2) is 11.2 Å². The molecule has 0 aliphatic carbocycles. The fourth-order valence-corrected chi connectivity index (χ4v) is 2.85. The van der Waals surface area contributed by atoms with Gasteiger partial charge in [-0.25, -0.2) is 13.4 Å². The summed E-state index contributed by atoms with van der Waals surface area (Å²) < 4.78 is 24.9. The number of aromatic amines is 1. The summed E-state index contributed by atoms with van der Waals surface area (Å²) in [6.07, 6.45) is 1.45. The average molecular weight is 231 g/mol. The van der Waals surface area contributed by atoms with Gasteiger partial charge in [0.1, 0.15) is 5.82 Å². The monoisotopic (exact) mass is 231 g/mol. The van der Waals surface area contributed by atoms with Crippen molar-refractivity contribution in [2.24, 2.45) is 0 Å². The van der Waals surface area contributed by atoms with Gasteiger partial charge in [-0.05, 0) is 0 Å². The molecule has 0 radical (unpaired) electrons. The highest BCUT2D eigenvalue weighted by atomic mass is 32.2. The number of aliphatic hydroxyl groups is 1. The number of aromatic nitrogens is 2. The highest BCUT2D eigenvalue weighted by Crippen LogP contribution is 2.19. The maximum absolute atomic E-state index is 11.8. The van der Waals surface area contributed by atoms with E-state index < -0.39 is 16.1 Å². The summed E-state index contributed by atoms with van der Waals surface area (Å²) >= 11 is 0. The van der Waals surface area contributed by atoms with Gasteiger partial charge in [-0.15, -0.1) is 0 Å². The van der Waals surface area contributed by atoms with Gasteiger partial charge in [0.05, 0.1) is 12.3 Å². The fraction of sp³-hybridized carbons (Fsp3) is 0.625. The predicted octanol–water partition coefficient (Wildman–Crippen LogP) is -0.663. The zero-order valence-electron chi connectivity index (χ0n) is 8.34. The molecule has 1 aromatic rings. The van der Waals surface area contributed by atoms with Crippen LogP contribution >= 0.6 is 0 Å². The van der Waals surface area contributed by atoms with Gasteiger partial charge < -0.3 is 10.1 Å². The van der Waals surface area contributed by atoms with Crippen molar-refractivity contribution in [1.82, 2.24) is 14.3 Å². The second-order valence-corrected chi connectivity index (χ2v) is 5.43. The molecule has 0 atom stereocenters. The largest absolute Gasteiger partial charge is 0.390 e. The van der Waals surface area contributed by atoms with E-state index in [0.717, 1.165) is 0 Å². The number of aryl methyl sites for hydroxylation is 1. The Morgan fingerprint density at radius 2 is 2.33 bits per heavy atom. The Morgan fingerprint density at radius 1 is 1.67 bits per heavy atom. The number of β-amino-alcohol motifs (C(OH)–C–C–N with tert-alkyl or cyclic N) is 1. The number of hydrogen-bond donors (Lipinski definition) is 2. The van der Waals surface area contributed by atoms with Gasteiger partial charge in [-0.2, -0.15) is 4.31 Å². The molecule has 2 rings (SSSR count). The molecule has 1 aliphatic heterocycles. The van der Waals surface area contributed by atoms with Gasteiger partial charge in [-0.1, -0.05) is 6.92 Å². The van der Waals surface area contributed by atoms with Crippen LogP contribution in [0.5, 0.6) is 0 Å². The van der Waals surface area contributed by atoms with E-state index in [4.69, 9.17) is 5.11 Å². The van der Waals surface area contributed by atoms with Gasteiger partial charge in [0, 0.05) is 19.5 Å². The fourth-order valence-electron chi connectivity index (χ4n) is 1.41. The molecule has 1 saturated heterocycles. The standard InChI is InChI=1S/C8H13N3O3S/c1-2-7-9-3-8(10-7)15(13,14)11-4-6(12)5-11/h3,6,12H,2,4-5H2,1H3,(H,9,10). The Bertz CT molecular complexity index is 447. The molecule has 2 N–H and O–H groups in total. The number of nitrogens with zero attached hydrogens (tertiary/aromatic N) is 2. The molecule has 15 heavy (non-hydrogen) atoms. The highest BCUT2D eigenvalue weighted by Gasteiger charge is 2.36. The van der Waals surface area contributed by atoms with Gasteiger partial charge >= 0.3 is 0 Å². The number of aliphatic hydroxyl groups excluding tert-OH is 1. The first-order valence-electron chi connectivity index (χ1n) is 4.76. The van der Waals surface area contributed by atoms with Crippen molar-refractivity contribution >= 4 is 10.0 Å². The van der Waals surface area contributed by atoms with Crippen LogP contribution in [0.25, 0.3) is 0 Å². The molecular formula is C8H13N3O3S. The summed E-state index contributed by atoms with van der Waals surface area (Å²) in [4.78, 5) is 6.68. The Balaban J connectivity index is 2.22. The SMILES string of the molecule is CCc1ncc(S(=O)(=O)N2CC(O)C2)[nH]1. The van der Waals surface area contributed by atoms with Crippen LogP contribution in [0.2, 0.25) is 0 Å². The molecule has 0 saturated carbocycles. The summed E-state index contributed by atoms with van der Waals surface area (Å²) in [5.74, 6) is 0.648. The second kappa shape index (κ2) is 3.58. The lowest BCUT2D eigenvalue weighted by Gasteiger charge is -2.33. The molecule has 2 heterocycles. The van der Waals surface area contributed by atoms with Crippen LogP contribution in [-0.4, -0.2) is 47.0 Å². The minimum Gasteiger partial charge on any atom is -0.390 e. The Labute approximate surface area is 88.0 Å². The van der Waals surface area contributed by atoms with Crippen molar-refractivity contribution < 1.29 is 13.5 Å². The van der Waals surface area contributed by atoms with E-state index >= 15 is 0 Å². The Morgan fingerprint density at radius 3 is 2.80 bits per heavy atom. The number of H-pyrrole nitrogens is 1. The van der Waals surface area contributed by atoms with E-state index in [1.807, 2.05) is 6.92 Å².